The minimum absolute atomic E-state index is 0.231. The van der Waals surface area contributed by atoms with E-state index in [1.807, 2.05) is 146 Å². The van der Waals surface area contributed by atoms with Crippen LogP contribution in [0.2, 0.25) is 0 Å². The van der Waals surface area contributed by atoms with Crippen LogP contribution >= 0.6 is 0 Å². The Kier molecular flexibility index (Phi) is 7.06. The van der Waals surface area contributed by atoms with E-state index in [1.54, 1.807) is 12.1 Å². The van der Waals surface area contributed by atoms with E-state index in [9.17, 15) is 10.2 Å². The molecular formula is C38H28N4O2. The quantitative estimate of drug-likeness (QED) is 0.221. The van der Waals surface area contributed by atoms with Crippen LogP contribution in [0.25, 0.3) is 56.2 Å². The fraction of sp³-hybridized carbons (Fsp3) is 0. The van der Waals surface area contributed by atoms with Crippen molar-refractivity contribution in [2.24, 2.45) is 0 Å². The topological polar surface area (TPSA) is 76.1 Å². The fourth-order valence-electron chi connectivity index (χ4n) is 5.42. The monoisotopic (exact) mass is 572 g/mol. The van der Waals surface area contributed by atoms with Crippen LogP contribution in [0.5, 0.6) is 11.5 Å². The third-order valence-electron chi connectivity index (χ3n) is 7.44. The summed E-state index contributed by atoms with van der Waals surface area (Å²) in [6, 6.07) is 50.7. The molecule has 8 rings (SSSR count). The Bertz CT molecular complexity index is 2040. The lowest BCUT2D eigenvalue weighted by molar-refractivity contribution is 0.476. The van der Waals surface area contributed by atoms with E-state index < -0.39 is 0 Å². The van der Waals surface area contributed by atoms with Crippen LogP contribution in [-0.4, -0.2) is 29.3 Å². The summed E-state index contributed by atoms with van der Waals surface area (Å²) in [6.07, 6.45) is 0. The number of phenols is 2. The summed E-state index contributed by atoms with van der Waals surface area (Å²) >= 11 is 0. The fourth-order valence-corrected chi connectivity index (χ4v) is 5.42. The van der Waals surface area contributed by atoms with E-state index in [-0.39, 0.29) is 11.5 Å². The van der Waals surface area contributed by atoms with Gasteiger partial charge >= 0.3 is 0 Å². The van der Waals surface area contributed by atoms with Crippen molar-refractivity contribution in [3.8, 4) is 45.6 Å². The normalized spacial score (nSPS) is 10.9. The average Bonchev–Trinajstić information content (AvgIpc) is 3.65. The number of phenolic OH excluding ortho intramolecular Hbond substituents is 2. The van der Waals surface area contributed by atoms with E-state index in [0.717, 1.165) is 56.2 Å². The van der Waals surface area contributed by atoms with Gasteiger partial charge in [-0.3, -0.25) is 9.13 Å². The van der Waals surface area contributed by atoms with Crippen molar-refractivity contribution in [1.29, 1.82) is 0 Å². The van der Waals surface area contributed by atoms with Gasteiger partial charge in [0, 0.05) is 11.4 Å². The lowest BCUT2D eigenvalue weighted by Gasteiger charge is -2.10. The molecule has 6 heteroatoms. The molecule has 0 fully saturated rings. The molecule has 0 atom stereocenters. The molecule has 0 amide bonds. The molecule has 0 aliphatic heterocycles. The number of aromatic hydroxyl groups is 2. The van der Waals surface area contributed by atoms with Gasteiger partial charge < -0.3 is 10.2 Å². The zero-order chi connectivity index (χ0) is 29.9. The van der Waals surface area contributed by atoms with Gasteiger partial charge in [-0.05, 0) is 72.8 Å². The molecule has 8 aromatic rings. The lowest BCUT2D eigenvalue weighted by atomic mass is 10.2. The van der Waals surface area contributed by atoms with Crippen molar-refractivity contribution in [2.75, 3.05) is 0 Å². The van der Waals surface area contributed by atoms with Crippen molar-refractivity contribution in [2.45, 2.75) is 0 Å². The minimum atomic E-state index is 0.231. The number of rotatable bonds is 4. The van der Waals surface area contributed by atoms with Gasteiger partial charge in [0.25, 0.3) is 0 Å². The number of imidazole rings is 2. The zero-order valence-corrected chi connectivity index (χ0v) is 23.7. The van der Waals surface area contributed by atoms with Crippen LogP contribution in [0.3, 0.4) is 0 Å². The highest BCUT2D eigenvalue weighted by molar-refractivity contribution is 5.85. The molecule has 2 N–H and O–H groups in total. The number of para-hydroxylation sites is 8. The number of hydrogen-bond acceptors (Lipinski definition) is 4. The SMILES string of the molecule is Oc1ccccc1-c1nc2ccccc2n1-c1ccccc1.Oc1ccccc1-c1nc2ccccc2n1-c1ccccc1. The Balaban J connectivity index is 0.000000142. The third-order valence-corrected chi connectivity index (χ3v) is 7.44. The largest absolute Gasteiger partial charge is 0.507 e. The Morgan fingerprint density at radius 2 is 0.705 bits per heavy atom. The van der Waals surface area contributed by atoms with E-state index in [0.29, 0.717) is 0 Å². The second kappa shape index (κ2) is 11.6. The molecule has 0 saturated carbocycles. The first kappa shape index (κ1) is 26.7. The van der Waals surface area contributed by atoms with Gasteiger partial charge in [-0.25, -0.2) is 9.97 Å². The third kappa shape index (κ3) is 4.95. The second-order valence-electron chi connectivity index (χ2n) is 10.2. The van der Waals surface area contributed by atoms with Crippen LogP contribution in [0.1, 0.15) is 0 Å². The van der Waals surface area contributed by atoms with Crippen molar-refractivity contribution < 1.29 is 10.2 Å². The molecule has 0 aliphatic carbocycles. The molecule has 0 radical (unpaired) electrons. The summed E-state index contributed by atoms with van der Waals surface area (Å²) in [5.74, 6) is 1.95. The molecule has 0 unspecified atom stereocenters. The predicted molar refractivity (Wildman–Crippen MR) is 176 cm³/mol. The highest BCUT2D eigenvalue weighted by atomic mass is 16.3. The summed E-state index contributed by atoms with van der Waals surface area (Å²) in [5, 5.41) is 20.4. The first-order chi connectivity index (χ1) is 21.7. The summed E-state index contributed by atoms with van der Waals surface area (Å²) in [6.45, 7) is 0. The molecule has 0 spiro atoms. The van der Waals surface area contributed by atoms with E-state index in [1.165, 1.54) is 0 Å². The van der Waals surface area contributed by atoms with Crippen molar-refractivity contribution in [3.05, 3.63) is 158 Å². The van der Waals surface area contributed by atoms with Crippen LogP contribution in [-0.2, 0) is 0 Å². The predicted octanol–water partition coefficient (Wildman–Crippen LogP) is 8.80. The number of benzene rings is 6. The second-order valence-corrected chi connectivity index (χ2v) is 10.2. The summed E-state index contributed by atoms with van der Waals surface area (Å²) in [5.41, 5.74) is 7.35. The highest BCUT2D eigenvalue weighted by Crippen LogP contribution is 2.34. The highest BCUT2D eigenvalue weighted by Gasteiger charge is 2.17. The van der Waals surface area contributed by atoms with E-state index in [4.69, 9.17) is 9.97 Å². The maximum absolute atomic E-state index is 10.2. The Labute approximate surface area is 254 Å². The first-order valence-corrected chi connectivity index (χ1v) is 14.3. The smallest absolute Gasteiger partial charge is 0.149 e. The molecule has 6 aromatic carbocycles. The zero-order valence-electron chi connectivity index (χ0n) is 23.7. The van der Waals surface area contributed by atoms with Crippen molar-refractivity contribution in [3.63, 3.8) is 0 Å². The Hall–Kier alpha value is -6.14. The molecule has 2 aromatic heterocycles. The van der Waals surface area contributed by atoms with Crippen LogP contribution in [0.15, 0.2) is 158 Å². The van der Waals surface area contributed by atoms with Gasteiger partial charge in [0.15, 0.2) is 0 Å². The van der Waals surface area contributed by atoms with Crippen LogP contribution < -0.4 is 0 Å². The van der Waals surface area contributed by atoms with Gasteiger partial charge in [-0.1, -0.05) is 84.9 Å². The summed E-state index contributed by atoms with van der Waals surface area (Å²) < 4.78 is 4.15. The summed E-state index contributed by atoms with van der Waals surface area (Å²) in [7, 11) is 0. The molecule has 6 nitrogen and oxygen atoms in total. The number of aromatic nitrogens is 4. The van der Waals surface area contributed by atoms with Gasteiger partial charge in [0.2, 0.25) is 0 Å². The van der Waals surface area contributed by atoms with Crippen molar-refractivity contribution >= 4 is 22.1 Å². The Morgan fingerprint density at radius 1 is 0.364 bits per heavy atom. The molecule has 212 valence electrons. The molecule has 0 saturated heterocycles. The van der Waals surface area contributed by atoms with E-state index >= 15 is 0 Å². The van der Waals surface area contributed by atoms with Crippen LogP contribution in [0.4, 0.5) is 0 Å². The lowest BCUT2D eigenvalue weighted by Crippen LogP contribution is -1.97. The molecule has 2 heterocycles. The maximum Gasteiger partial charge on any atom is 0.149 e. The number of nitrogens with zero attached hydrogens (tertiary/aromatic N) is 4. The Morgan fingerprint density at radius 3 is 1.11 bits per heavy atom. The van der Waals surface area contributed by atoms with E-state index in [2.05, 4.69) is 9.13 Å². The van der Waals surface area contributed by atoms with Crippen LogP contribution in [0, 0.1) is 0 Å². The van der Waals surface area contributed by atoms with Gasteiger partial charge in [0.05, 0.1) is 33.2 Å². The maximum atomic E-state index is 10.2. The standard InChI is InChI=1S/2C19H14N2O/c2*22-18-13-7-4-10-15(18)19-20-16-11-5-6-12-17(16)21(19)14-8-2-1-3-9-14/h2*1-13,22H. The number of fused-ring (bicyclic) bond motifs is 2. The average molecular weight is 573 g/mol. The molecular weight excluding hydrogens is 544 g/mol. The molecule has 44 heavy (non-hydrogen) atoms. The van der Waals surface area contributed by atoms with Gasteiger partial charge in [0.1, 0.15) is 23.1 Å². The van der Waals surface area contributed by atoms with Crippen molar-refractivity contribution in [1.82, 2.24) is 19.1 Å². The molecule has 0 aliphatic rings. The summed E-state index contributed by atoms with van der Waals surface area (Å²) in [4.78, 5) is 9.45. The number of hydrogen-bond donors (Lipinski definition) is 2. The molecule has 0 bridgehead atoms. The van der Waals surface area contributed by atoms with Gasteiger partial charge in [-0.15, -0.1) is 0 Å². The first-order valence-electron chi connectivity index (χ1n) is 14.3. The minimum Gasteiger partial charge on any atom is -0.507 e. The van der Waals surface area contributed by atoms with Gasteiger partial charge in [-0.2, -0.15) is 0 Å².